The summed E-state index contributed by atoms with van der Waals surface area (Å²) in [5.41, 5.74) is 2.92. The van der Waals surface area contributed by atoms with Crippen LogP contribution >= 0.6 is 0 Å². The van der Waals surface area contributed by atoms with Crippen molar-refractivity contribution in [2.24, 2.45) is 0 Å². The van der Waals surface area contributed by atoms with Gasteiger partial charge in [-0.2, -0.15) is 0 Å². The molecule has 0 radical (unpaired) electrons. The minimum atomic E-state index is -0.821. The minimum Gasteiger partial charge on any atom is -0.503 e. The van der Waals surface area contributed by atoms with Crippen LogP contribution in [0.25, 0.3) is 0 Å². The molecule has 0 spiro atoms. The maximum atomic E-state index is 13.9. The van der Waals surface area contributed by atoms with Crippen LogP contribution in [0.5, 0.6) is 0 Å². The Morgan fingerprint density at radius 1 is 1.00 bits per heavy atom. The van der Waals surface area contributed by atoms with Crippen LogP contribution in [0.2, 0.25) is 0 Å². The Labute approximate surface area is 180 Å². The first-order chi connectivity index (χ1) is 15.0. The molecular weight excluding hydrogens is 393 g/mol. The van der Waals surface area contributed by atoms with Gasteiger partial charge in [0.15, 0.2) is 11.5 Å². The molecule has 1 aliphatic heterocycles. The molecule has 1 amide bonds. The van der Waals surface area contributed by atoms with E-state index in [9.17, 15) is 19.1 Å². The number of nitrogens with zero attached hydrogens (tertiary/aromatic N) is 1. The Bertz CT molecular complexity index is 1170. The summed E-state index contributed by atoms with van der Waals surface area (Å²) in [5.74, 6) is -2.09. The van der Waals surface area contributed by atoms with Crippen molar-refractivity contribution in [3.05, 3.63) is 113 Å². The second-order valence-electron chi connectivity index (χ2n) is 7.59. The zero-order valence-corrected chi connectivity index (χ0v) is 17.1. The van der Waals surface area contributed by atoms with E-state index in [2.05, 4.69) is 0 Å². The molecule has 0 aliphatic carbocycles. The average Bonchev–Trinajstić information content (AvgIpc) is 3.04. The summed E-state index contributed by atoms with van der Waals surface area (Å²) in [6.07, 6.45) is 0.640. The molecule has 31 heavy (non-hydrogen) atoms. The molecule has 1 aliphatic rings. The van der Waals surface area contributed by atoms with Crippen molar-refractivity contribution in [2.75, 3.05) is 4.90 Å². The fraction of sp³-hybridized carbons (Fsp3) is 0.154. The zero-order valence-electron chi connectivity index (χ0n) is 17.1. The van der Waals surface area contributed by atoms with Crippen LogP contribution in [0.3, 0.4) is 0 Å². The fourth-order valence-electron chi connectivity index (χ4n) is 4.01. The van der Waals surface area contributed by atoms with Crippen molar-refractivity contribution in [2.45, 2.75) is 25.8 Å². The van der Waals surface area contributed by atoms with Crippen molar-refractivity contribution < 1.29 is 19.1 Å². The number of hydrogen-bond donors (Lipinski definition) is 1. The van der Waals surface area contributed by atoms with Gasteiger partial charge in [0.2, 0.25) is 0 Å². The molecule has 1 atom stereocenters. The van der Waals surface area contributed by atoms with Crippen LogP contribution in [-0.4, -0.2) is 16.8 Å². The molecular formula is C26H22FNO3. The molecule has 0 saturated heterocycles. The van der Waals surface area contributed by atoms with Crippen LogP contribution in [0.1, 0.15) is 29.2 Å². The first-order valence-electron chi connectivity index (χ1n) is 10.1. The number of hydrogen-bond acceptors (Lipinski definition) is 3. The SMILES string of the molecule is Cc1ccccc1C1C(C(=O)CCc2ccccc2)=C(O)C(=O)N1c1cccc(F)c1. The van der Waals surface area contributed by atoms with E-state index in [1.807, 2.05) is 61.5 Å². The number of anilines is 1. The fourth-order valence-corrected chi connectivity index (χ4v) is 4.01. The third-order valence-corrected chi connectivity index (χ3v) is 5.56. The monoisotopic (exact) mass is 415 g/mol. The average molecular weight is 415 g/mol. The van der Waals surface area contributed by atoms with E-state index < -0.39 is 23.5 Å². The first kappa shape index (κ1) is 20.5. The molecule has 5 heteroatoms. The number of ketones is 1. The van der Waals surface area contributed by atoms with Crippen LogP contribution < -0.4 is 4.90 Å². The van der Waals surface area contributed by atoms with Gasteiger partial charge in [-0.1, -0.05) is 60.7 Å². The highest BCUT2D eigenvalue weighted by atomic mass is 19.1. The normalized spacial score (nSPS) is 16.1. The molecule has 4 nitrogen and oxygen atoms in total. The smallest absolute Gasteiger partial charge is 0.294 e. The largest absolute Gasteiger partial charge is 0.503 e. The molecule has 1 unspecified atom stereocenters. The summed E-state index contributed by atoms with van der Waals surface area (Å²) in [5, 5.41) is 10.7. The predicted octanol–water partition coefficient (Wildman–Crippen LogP) is 5.24. The van der Waals surface area contributed by atoms with E-state index in [0.717, 1.165) is 11.1 Å². The van der Waals surface area contributed by atoms with Crippen molar-refractivity contribution in [1.29, 1.82) is 0 Å². The summed E-state index contributed by atoms with van der Waals surface area (Å²) < 4.78 is 13.9. The van der Waals surface area contributed by atoms with E-state index in [1.165, 1.54) is 23.1 Å². The maximum Gasteiger partial charge on any atom is 0.294 e. The van der Waals surface area contributed by atoms with Crippen molar-refractivity contribution in [1.82, 2.24) is 0 Å². The zero-order chi connectivity index (χ0) is 22.0. The van der Waals surface area contributed by atoms with Gasteiger partial charge in [0.25, 0.3) is 5.91 Å². The quantitative estimate of drug-likeness (QED) is 0.599. The Kier molecular flexibility index (Phi) is 5.67. The number of Topliss-reactive ketones (excluding diaryl/α,β-unsaturated/α-hetero) is 1. The number of aryl methyl sites for hydroxylation is 2. The summed E-state index contributed by atoms with van der Waals surface area (Å²) in [6.45, 7) is 1.88. The number of amides is 1. The molecule has 1 N–H and O–H groups in total. The number of benzene rings is 3. The van der Waals surface area contributed by atoms with E-state index in [-0.39, 0.29) is 23.5 Å². The van der Waals surface area contributed by atoms with Gasteiger partial charge < -0.3 is 5.11 Å². The lowest BCUT2D eigenvalue weighted by Gasteiger charge is -2.28. The lowest BCUT2D eigenvalue weighted by atomic mass is 9.91. The van der Waals surface area contributed by atoms with Gasteiger partial charge in [0.05, 0.1) is 11.6 Å². The van der Waals surface area contributed by atoms with Gasteiger partial charge in [0, 0.05) is 12.1 Å². The van der Waals surface area contributed by atoms with E-state index in [0.29, 0.717) is 12.0 Å². The molecule has 4 rings (SSSR count). The second-order valence-corrected chi connectivity index (χ2v) is 7.59. The Morgan fingerprint density at radius 2 is 1.71 bits per heavy atom. The van der Waals surface area contributed by atoms with Crippen molar-refractivity contribution in [3.63, 3.8) is 0 Å². The van der Waals surface area contributed by atoms with Gasteiger partial charge in [-0.3, -0.25) is 14.5 Å². The van der Waals surface area contributed by atoms with Gasteiger partial charge in [-0.15, -0.1) is 0 Å². The summed E-state index contributed by atoms with van der Waals surface area (Å²) >= 11 is 0. The van der Waals surface area contributed by atoms with E-state index >= 15 is 0 Å². The Hall–Kier alpha value is -3.73. The lowest BCUT2D eigenvalue weighted by Crippen LogP contribution is -2.31. The van der Waals surface area contributed by atoms with Crippen LogP contribution in [-0.2, 0) is 16.0 Å². The molecule has 0 fully saturated rings. The number of aliphatic hydroxyl groups excluding tert-OH is 1. The highest BCUT2D eigenvalue weighted by Crippen LogP contribution is 2.42. The van der Waals surface area contributed by atoms with Gasteiger partial charge in [-0.25, -0.2) is 4.39 Å². The van der Waals surface area contributed by atoms with Gasteiger partial charge >= 0.3 is 0 Å². The van der Waals surface area contributed by atoms with Crippen LogP contribution in [0.15, 0.2) is 90.2 Å². The number of carbonyl (C=O) groups excluding carboxylic acids is 2. The highest BCUT2D eigenvalue weighted by molar-refractivity contribution is 6.16. The number of carbonyl (C=O) groups is 2. The van der Waals surface area contributed by atoms with E-state index in [1.54, 1.807) is 6.07 Å². The number of aliphatic hydroxyl groups is 1. The number of rotatable bonds is 6. The van der Waals surface area contributed by atoms with Crippen molar-refractivity contribution in [3.8, 4) is 0 Å². The standard InChI is InChI=1S/C26H22FNO3/c1-17-8-5-6-13-21(17)24-23(22(29)15-14-18-9-3-2-4-10-18)25(30)26(31)28(24)20-12-7-11-19(27)16-20/h2-13,16,24,30H,14-15H2,1H3. The third-order valence-electron chi connectivity index (χ3n) is 5.56. The molecule has 0 bridgehead atoms. The number of halogens is 1. The molecule has 1 heterocycles. The van der Waals surface area contributed by atoms with Crippen LogP contribution in [0.4, 0.5) is 10.1 Å². The second kappa shape index (κ2) is 8.56. The van der Waals surface area contributed by atoms with Crippen LogP contribution in [0, 0.1) is 12.7 Å². The van der Waals surface area contributed by atoms with Gasteiger partial charge in [0.1, 0.15) is 5.82 Å². The Balaban J connectivity index is 1.75. The van der Waals surface area contributed by atoms with E-state index in [4.69, 9.17) is 0 Å². The molecule has 3 aromatic carbocycles. The van der Waals surface area contributed by atoms with Crippen molar-refractivity contribution >= 4 is 17.4 Å². The maximum absolute atomic E-state index is 13.9. The molecule has 0 aromatic heterocycles. The predicted molar refractivity (Wildman–Crippen MR) is 117 cm³/mol. The topological polar surface area (TPSA) is 57.6 Å². The molecule has 3 aromatic rings. The third kappa shape index (κ3) is 3.99. The lowest BCUT2D eigenvalue weighted by molar-refractivity contribution is -0.118. The molecule has 156 valence electrons. The highest BCUT2D eigenvalue weighted by Gasteiger charge is 2.44. The summed E-state index contributed by atoms with van der Waals surface area (Å²) in [4.78, 5) is 27.6. The molecule has 0 saturated carbocycles. The first-order valence-corrected chi connectivity index (χ1v) is 10.1. The van der Waals surface area contributed by atoms with Gasteiger partial charge in [-0.05, 0) is 48.2 Å². The Morgan fingerprint density at radius 3 is 2.42 bits per heavy atom. The minimum absolute atomic E-state index is 0.0551. The summed E-state index contributed by atoms with van der Waals surface area (Å²) in [6, 6.07) is 21.7. The summed E-state index contributed by atoms with van der Waals surface area (Å²) in [7, 11) is 0.